The largest absolute Gasteiger partial charge is 0.492 e. The lowest BCUT2D eigenvalue weighted by Crippen LogP contribution is -2.42. The molecule has 0 heterocycles. The molecule has 2 amide bonds. The van der Waals surface area contributed by atoms with Crippen molar-refractivity contribution in [3.05, 3.63) is 28.2 Å². The molecule has 2 N–H and O–H groups in total. The van der Waals surface area contributed by atoms with Crippen molar-refractivity contribution < 1.29 is 14.3 Å². The summed E-state index contributed by atoms with van der Waals surface area (Å²) in [5.74, 6) is 2.23. The summed E-state index contributed by atoms with van der Waals surface area (Å²) in [4.78, 5) is 23.8. The van der Waals surface area contributed by atoms with E-state index >= 15 is 0 Å². The number of rotatable bonds is 7. The minimum atomic E-state index is -0.225. The van der Waals surface area contributed by atoms with Crippen molar-refractivity contribution >= 4 is 35.0 Å². The quantitative estimate of drug-likeness (QED) is 0.535. The molecule has 1 aromatic rings. The first-order valence-electron chi connectivity index (χ1n) is 9.17. The molecule has 0 saturated heterocycles. The van der Waals surface area contributed by atoms with Crippen LogP contribution in [0.25, 0.3) is 0 Å². The third kappa shape index (κ3) is 5.27. The molecule has 2 saturated carbocycles. The zero-order chi connectivity index (χ0) is 18.5. The van der Waals surface area contributed by atoms with Crippen LogP contribution in [0.3, 0.4) is 0 Å². The Morgan fingerprint density at radius 2 is 1.92 bits per heavy atom. The van der Waals surface area contributed by atoms with E-state index in [-0.39, 0.29) is 18.2 Å². The average molecular weight is 399 g/mol. The van der Waals surface area contributed by atoms with Crippen LogP contribution < -0.4 is 15.6 Å². The first-order valence-corrected chi connectivity index (χ1v) is 9.92. The van der Waals surface area contributed by atoms with Crippen LogP contribution >= 0.6 is 23.2 Å². The topological polar surface area (TPSA) is 67.4 Å². The molecule has 2 bridgehead atoms. The number of nitrogens with one attached hydrogen (secondary N) is 2. The van der Waals surface area contributed by atoms with Gasteiger partial charge < -0.3 is 4.74 Å². The van der Waals surface area contributed by atoms with Crippen LogP contribution in [0.15, 0.2) is 18.2 Å². The highest BCUT2D eigenvalue weighted by Gasteiger charge is 2.40. The van der Waals surface area contributed by atoms with Crippen LogP contribution in [-0.2, 0) is 9.59 Å². The van der Waals surface area contributed by atoms with Crippen molar-refractivity contribution in [1.29, 1.82) is 0 Å². The molecule has 0 aliphatic heterocycles. The van der Waals surface area contributed by atoms with E-state index in [1.165, 1.54) is 19.3 Å². The summed E-state index contributed by atoms with van der Waals surface area (Å²) in [6, 6.07) is 5.00. The molecular formula is C19H24Cl2N2O3. The molecule has 0 aromatic heterocycles. The van der Waals surface area contributed by atoms with Crippen LogP contribution in [0, 0.1) is 17.8 Å². The SMILES string of the molecule is O=C(CCCOc1ccc(Cl)cc1Cl)NNC(=O)C[C@H]1C[C@@H]2CC[C@@H]1C2. The molecule has 0 unspecified atom stereocenters. The highest BCUT2D eigenvalue weighted by molar-refractivity contribution is 6.35. The Bertz CT molecular complexity index is 668. The van der Waals surface area contributed by atoms with Gasteiger partial charge in [-0.3, -0.25) is 20.4 Å². The van der Waals surface area contributed by atoms with Gasteiger partial charge in [-0.05, 0) is 61.6 Å². The summed E-state index contributed by atoms with van der Waals surface area (Å²) in [6.07, 6.45) is 6.32. The van der Waals surface area contributed by atoms with Crippen LogP contribution in [0.4, 0.5) is 0 Å². The number of hydrogen-bond donors (Lipinski definition) is 2. The lowest BCUT2D eigenvalue weighted by Gasteiger charge is -2.20. The smallest absolute Gasteiger partial charge is 0.238 e. The van der Waals surface area contributed by atoms with Gasteiger partial charge in [0.2, 0.25) is 11.8 Å². The van der Waals surface area contributed by atoms with Crippen LogP contribution in [-0.4, -0.2) is 18.4 Å². The van der Waals surface area contributed by atoms with Gasteiger partial charge in [0.25, 0.3) is 0 Å². The minimum absolute atomic E-state index is 0.0971. The number of carbonyl (C=O) groups is 2. The van der Waals surface area contributed by atoms with E-state index in [9.17, 15) is 9.59 Å². The predicted molar refractivity (Wildman–Crippen MR) is 101 cm³/mol. The third-order valence-corrected chi connectivity index (χ3v) is 5.90. The average Bonchev–Trinajstić information content (AvgIpc) is 3.21. The van der Waals surface area contributed by atoms with E-state index in [1.54, 1.807) is 18.2 Å². The third-order valence-electron chi connectivity index (χ3n) is 5.37. The molecule has 5 nitrogen and oxygen atoms in total. The Hall–Kier alpha value is -1.46. The maximum absolute atomic E-state index is 12.0. The minimum Gasteiger partial charge on any atom is -0.492 e. The second-order valence-corrected chi connectivity index (χ2v) is 8.11. The van der Waals surface area contributed by atoms with Crippen LogP contribution in [0.1, 0.15) is 44.9 Å². The fraction of sp³-hybridized carbons (Fsp3) is 0.579. The molecule has 3 atom stereocenters. The van der Waals surface area contributed by atoms with Gasteiger partial charge in [0.1, 0.15) is 5.75 Å². The normalized spacial score (nSPS) is 23.7. The Labute approximate surface area is 163 Å². The number of hydrazine groups is 1. The molecule has 0 spiro atoms. The molecule has 3 rings (SSSR count). The molecule has 1 aromatic carbocycles. The number of carbonyl (C=O) groups excluding carboxylic acids is 2. The van der Waals surface area contributed by atoms with Crippen molar-refractivity contribution in [2.24, 2.45) is 17.8 Å². The van der Waals surface area contributed by atoms with Gasteiger partial charge in [-0.15, -0.1) is 0 Å². The molecule has 0 radical (unpaired) electrons. The molecule has 142 valence electrons. The summed E-state index contributed by atoms with van der Waals surface area (Å²) in [5, 5.41) is 0.984. The van der Waals surface area contributed by atoms with Gasteiger partial charge in [-0.25, -0.2) is 0 Å². The number of ether oxygens (including phenoxy) is 1. The summed E-state index contributed by atoms with van der Waals surface area (Å²) in [6.45, 7) is 0.355. The maximum atomic E-state index is 12.0. The fourth-order valence-corrected chi connectivity index (χ4v) is 4.59. The van der Waals surface area contributed by atoms with Gasteiger partial charge in [-0.2, -0.15) is 0 Å². The number of hydrogen-bond acceptors (Lipinski definition) is 3. The summed E-state index contributed by atoms with van der Waals surface area (Å²) >= 11 is 11.8. The number of amides is 2. The van der Waals surface area contributed by atoms with Gasteiger partial charge in [0, 0.05) is 17.9 Å². The fourth-order valence-electron chi connectivity index (χ4n) is 4.12. The first kappa shape index (κ1) is 19.3. The van der Waals surface area contributed by atoms with Crippen molar-refractivity contribution in [2.75, 3.05) is 6.61 Å². The van der Waals surface area contributed by atoms with E-state index < -0.39 is 0 Å². The predicted octanol–water partition coefficient (Wildman–Crippen LogP) is 4.13. The van der Waals surface area contributed by atoms with E-state index in [2.05, 4.69) is 10.9 Å². The standard InChI is InChI=1S/C19H24Cl2N2O3/c20-15-5-6-17(16(21)11-15)26-7-1-2-18(24)22-23-19(25)10-14-9-12-3-4-13(14)8-12/h5-6,11-14H,1-4,7-10H2,(H,22,24)(H,23,25)/t12-,13-,14-/m1/s1. The van der Waals surface area contributed by atoms with Gasteiger partial charge in [0.05, 0.1) is 11.6 Å². The Morgan fingerprint density at radius 3 is 2.62 bits per heavy atom. The number of halogens is 2. The maximum Gasteiger partial charge on any atom is 0.238 e. The Balaban J connectivity index is 1.27. The molecule has 26 heavy (non-hydrogen) atoms. The first-order chi connectivity index (χ1) is 12.5. The van der Waals surface area contributed by atoms with Crippen LogP contribution in [0.2, 0.25) is 10.0 Å². The highest BCUT2D eigenvalue weighted by Crippen LogP contribution is 2.49. The second kappa shape index (κ2) is 8.96. The van der Waals surface area contributed by atoms with Gasteiger partial charge in [-0.1, -0.05) is 29.6 Å². The molecule has 7 heteroatoms. The molecule has 2 aliphatic carbocycles. The summed E-state index contributed by atoms with van der Waals surface area (Å²) in [7, 11) is 0. The molecular weight excluding hydrogens is 375 g/mol. The van der Waals surface area contributed by atoms with E-state index in [1.807, 2.05) is 0 Å². The van der Waals surface area contributed by atoms with Crippen molar-refractivity contribution in [2.45, 2.75) is 44.9 Å². The van der Waals surface area contributed by atoms with Crippen molar-refractivity contribution in [1.82, 2.24) is 10.9 Å². The second-order valence-electron chi connectivity index (χ2n) is 7.26. The van der Waals surface area contributed by atoms with Crippen molar-refractivity contribution in [3.63, 3.8) is 0 Å². The van der Waals surface area contributed by atoms with Gasteiger partial charge in [0.15, 0.2) is 0 Å². The lowest BCUT2D eigenvalue weighted by molar-refractivity contribution is -0.129. The summed E-state index contributed by atoms with van der Waals surface area (Å²) < 4.78 is 5.53. The Kier molecular flexibility index (Phi) is 6.65. The van der Waals surface area contributed by atoms with E-state index in [0.717, 1.165) is 12.3 Å². The van der Waals surface area contributed by atoms with Crippen LogP contribution in [0.5, 0.6) is 5.75 Å². The van der Waals surface area contributed by atoms with E-state index in [0.29, 0.717) is 47.1 Å². The lowest BCUT2D eigenvalue weighted by atomic mass is 9.86. The monoisotopic (exact) mass is 398 g/mol. The van der Waals surface area contributed by atoms with Gasteiger partial charge >= 0.3 is 0 Å². The van der Waals surface area contributed by atoms with Crippen molar-refractivity contribution in [3.8, 4) is 5.75 Å². The zero-order valence-corrected chi connectivity index (χ0v) is 16.1. The molecule has 2 aliphatic rings. The Morgan fingerprint density at radius 1 is 1.12 bits per heavy atom. The highest BCUT2D eigenvalue weighted by atomic mass is 35.5. The van der Waals surface area contributed by atoms with E-state index in [4.69, 9.17) is 27.9 Å². The zero-order valence-electron chi connectivity index (χ0n) is 14.6. The number of fused-ring (bicyclic) bond motifs is 2. The molecule has 2 fully saturated rings. The number of benzene rings is 1. The summed E-state index contributed by atoms with van der Waals surface area (Å²) in [5.41, 5.74) is 5.01.